The summed E-state index contributed by atoms with van der Waals surface area (Å²) in [7, 11) is 0. The Morgan fingerprint density at radius 1 is 0.961 bits per heavy atom. The van der Waals surface area contributed by atoms with Crippen molar-refractivity contribution in [2.24, 2.45) is 5.92 Å². The number of hydrogen-bond donors (Lipinski definition) is 3. The lowest BCUT2D eigenvalue weighted by molar-refractivity contribution is -0.130. The number of Topliss-reactive ketones (excluding diaryl/α,β-unsaturated/α-hetero) is 1. The van der Waals surface area contributed by atoms with E-state index in [0.717, 1.165) is 10.3 Å². The molecule has 0 bridgehead atoms. The fourth-order valence-electron chi connectivity index (χ4n) is 5.86. The first kappa shape index (κ1) is 35.3. The second-order valence-corrected chi connectivity index (χ2v) is 12.7. The van der Waals surface area contributed by atoms with Crippen molar-refractivity contribution >= 4 is 75.2 Å². The number of ether oxygens (including phenoxy) is 2. The van der Waals surface area contributed by atoms with Crippen LogP contribution in [-0.4, -0.2) is 78.8 Å². The third-order valence-corrected chi connectivity index (χ3v) is 9.11. The van der Waals surface area contributed by atoms with Crippen LogP contribution in [0.3, 0.4) is 0 Å². The molecule has 3 N–H and O–H groups in total. The molecule has 0 spiro atoms. The lowest BCUT2D eigenvalue weighted by atomic mass is 9.96. The number of fused-ring (bicyclic) bond motifs is 2. The van der Waals surface area contributed by atoms with Gasteiger partial charge >= 0.3 is 5.97 Å². The van der Waals surface area contributed by atoms with Crippen molar-refractivity contribution in [2.45, 2.75) is 24.9 Å². The first-order valence-electron chi connectivity index (χ1n) is 16.0. The number of benzene rings is 3. The zero-order valence-electron chi connectivity index (χ0n) is 26.9. The molecule has 2 aliphatic heterocycles. The van der Waals surface area contributed by atoms with Crippen molar-refractivity contribution in [3.63, 3.8) is 0 Å². The summed E-state index contributed by atoms with van der Waals surface area (Å²) in [4.78, 5) is 85.0. The van der Waals surface area contributed by atoms with Gasteiger partial charge in [-0.25, -0.2) is 9.78 Å². The summed E-state index contributed by atoms with van der Waals surface area (Å²) < 4.78 is 11.1. The summed E-state index contributed by atoms with van der Waals surface area (Å²) in [5.74, 6) is -4.24. The first-order valence-corrected chi connectivity index (χ1v) is 16.8. The van der Waals surface area contributed by atoms with Gasteiger partial charge in [0.15, 0.2) is 12.4 Å². The predicted molar refractivity (Wildman–Crippen MR) is 187 cm³/mol. The molecule has 262 valence electrons. The zero-order valence-corrected chi connectivity index (χ0v) is 28.4. The van der Waals surface area contributed by atoms with Gasteiger partial charge in [0, 0.05) is 17.8 Å². The Morgan fingerprint density at radius 2 is 1.71 bits per heavy atom. The zero-order chi connectivity index (χ0) is 36.1. The van der Waals surface area contributed by atoms with Crippen LogP contribution in [-0.2, 0) is 23.9 Å². The van der Waals surface area contributed by atoms with Gasteiger partial charge in [0.05, 0.1) is 32.9 Å². The molecule has 4 aromatic rings. The maximum absolute atomic E-state index is 14.0. The number of amides is 4. The number of carbonyl (C=O) groups excluding carboxylic acids is 6. The van der Waals surface area contributed by atoms with Crippen LogP contribution in [0, 0.1) is 5.92 Å². The minimum Gasteiger partial charge on any atom is -0.489 e. The summed E-state index contributed by atoms with van der Waals surface area (Å²) in [5, 5.41) is 8.89. The Morgan fingerprint density at radius 3 is 2.47 bits per heavy atom. The lowest BCUT2D eigenvalue weighted by Gasteiger charge is -2.26. The highest BCUT2D eigenvalue weighted by atomic mass is 35.5. The molecule has 1 saturated heterocycles. The third-order valence-electron chi connectivity index (χ3n) is 8.48. The normalized spacial score (nSPS) is 17.4. The number of esters is 1. The number of nitrogens with one attached hydrogen (secondary N) is 3. The Labute approximate surface area is 301 Å². The van der Waals surface area contributed by atoms with Gasteiger partial charge in [-0.2, -0.15) is 0 Å². The molecule has 1 fully saturated rings. The number of para-hydroxylation sites is 3. The van der Waals surface area contributed by atoms with Gasteiger partial charge in [0.1, 0.15) is 30.6 Å². The molecule has 0 unspecified atom stereocenters. The molecular weight excluding hydrogens is 701 g/mol. The van der Waals surface area contributed by atoms with Gasteiger partial charge in [0.2, 0.25) is 11.8 Å². The Hall–Kier alpha value is -5.53. The molecule has 4 amide bonds. The number of halogens is 2. The molecule has 3 atom stereocenters. The van der Waals surface area contributed by atoms with E-state index in [1.54, 1.807) is 54.6 Å². The SMILES string of the molecule is O=C(CN1C(=O)[C@@H](NC(=O)c2ccc3ccccc3n2)COc2ccccc21)N[C@@H](C[C@@H]1CCNC1=O)C(=O)COC(=O)c1c(Cl)cccc1Cl. The van der Waals surface area contributed by atoms with E-state index in [-0.39, 0.29) is 45.9 Å². The van der Waals surface area contributed by atoms with Gasteiger partial charge in [-0.15, -0.1) is 0 Å². The largest absolute Gasteiger partial charge is 0.489 e. The van der Waals surface area contributed by atoms with E-state index in [2.05, 4.69) is 20.9 Å². The van der Waals surface area contributed by atoms with Gasteiger partial charge in [0.25, 0.3) is 11.8 Å². The maximum Gasteiger partial charge on any atom is 0.341 e. The smallest absolute Gasteiger partial charge is 0.341 e. The van der Waals surface area contributed by atoms with Crippen LogP contribution < -0.4 is 25.6 Å². The van der Waals surface area contributed by atoms with Crippen molar-refractivity contribution < 1.29 is 38.2 Å². The van der Waals surface area contributed by atoms with E-state index in [9.17, 15) is 28.8 Å². The molecule has 51 heavy (non-hydrogen) atoms. The number of nitrogens with zero attached hydrogens (tertiary/aromatic N) is 2. The molecule has 3 heterocycles. The van der Waals surface area contributed by atoms with Crippen molar-refractivity contribution in [1.82, 2.24) is 20.9 Å². The Kier molecular flexibility index (Phi) is 10.8. The van der Waals surface area contributed by atoms with E-state index in [1.807, 2.05) is 12.1 Å². The summed E-state index contributed by atoms with van der Waals surface area (Å²) in [5.41, 5.74) is 0.827. The number of rotatable bonds is 11. The molecule has 13 nitrogen and oxygen atoms in total. The highest BCUT2D eigenvalue weighted by Crippen LogP contribution is 2.31. The van der Waals surface area contributed by atoms with Gasteiger partial charge in [-0.05, 0) is 49.2 Å². The number of anilines is 1. The van der Waals surface area contributed by atoms with Gasteiger partial charge in [-0.1, -0.05) is 65.7 Å². The Balaban J connectivity index is 1.18. The second-order valence-electron chi connectivity index (χ2n) is 11.9. The van der Waals surface area contributed by atoms with E-state index in [4.69, 9.17) is 32.7 Å². The first-order chi connectivity index (χ1) is 24.6. The topological polar surface area (TPSA) is 173 Å². The van der Waals surface area contributed by atoms with Crippen LogP contribution in [0.15, 0.2) is 78.9 Å². The summed E-state index contributed by atoms with van der Waals surface area (Å²) in [6, 6.07) is 19.1. The third kappa shape index (κ3) is 8.11. The molecule has 6 rings (SSSR count). The maximum atomic E-state index is 14.0. The van der Waals surface area contributed by atoms with Crippen LogP contribution in [0.25, 0.3) is 10.9 Å². The molecule has 2 aliphatic rings. The van der Waals surface area contributed by atoms with E-state index in [0.29, 0.717) is 24.2 Å². The van der Waals surface area contributed by atoms with Crippen LogP contribution >= 0.6 is 23.2 Å². The summed E-state index contributed by atoms with van der Waals surface area (Å²) in [6.07, 6.45) is 0.349. The average Bonchev–Trinajstić information content (AvgIpc) is 3.48. The van der Waals surface area contributed by atoms with Crippen LogP contribution in [0.2, 0.25) is 10.0 Å². The fourth-order valence-corrected chi connectivity index (χ4v) is 6.41. The monoisotopic (exact) mass is 731 g/mol. The number of aromatic nitrogens is 1. The van der Waals surface area contributed by atoms with Crippen molar-refractivity contribution in [3.05, 3.63) is 100 Å². The molecule has 1 aromatic heterocycles. The number of ketones is 1. The van der Waals surface area contributed by atoms with Crippen LogP contribution in [0.4, 0.5) is 5.69 Å². The second kappa shape index (κ2) is 15.6. The van der Waals surface area contributed by atoms with Crippen molar-refractivity contribution in [2.75, 3.05) is 31.2 Å². The van der Waals surface area contributed by atoms with Gasteiger partial charge < -0.3 is 25.4 Å². The van der Waals surface area contributed by atoms with E-state index in [1.165, 1.54) is 12.1 Å². The fraction of sp³-hybridized carbons (Fsp3) is 0.250. The average molecular weight is 733 g/mol. The quantitative estimate of drug-likeness (QED) is 0.195. The highest BCUT2D eigenvalue weighted by Gasteiger charge is 2.36. The molecule has 15 heteroatoms. The molecular formula is C36H31Cl2N5O8. The molecule has 0 saturated carbocycles. The minimum absolute atomic E-state index is 0.0295. The predicted octanol–water partition coefficient (Wildman–Crippen LogP) is 3.50. The highest BCUT2D eigenvalue weighted by molar-refractivity contribution is 6.39. The number of hydrogen-bond acceptors (Lipinski definition) is 9. The molecule has 0 radical (unpaired) electrons. The summed E-state index contributed by atoms with van der Waals surface area (Å²) >= 11 is 12.2. The van der Waals surface area contributed by atoms with Crippen molar-refractivity contribution in [3.8, 4) is 5.75 Å². The van der Waals surface area contributed by atoms with E-state index >= 15 is 0 Å². The summed E-state index contributed by atoms with van der Waals surface area (Å²) in [6.45, 7) is -1.16. The Bertz CT molecular complexity index is 2020. The molecule has 0 aliphatic carbocycles. The lowest BCUT2D eigenvalue weighted by Crippen LogP contribution is -2.54. The standard InChI is InChI=1S/C36H31Cl2N5O8/c37-22-7-5-8-23(38)32(22)36(49)51-19-29(44)26(16-21-14-15-39-33(21)46)41-31(45)17-43-28-10-3-4-11-30(28)50-18-27(35(43)48)42-34(47)25-13-12-20-6-1-2-9-24(20)40-25/h1-13,21,26-27H,14-19H2,(H,39,46)(H,41,45)(H,42,47)/t21-,26-,27-/m0/s1. The number of pyridine rings is 1. The van der Waals surface area contributed by atoms with E-state index < -0.39 is 60.6 Å². The van der Waals surface area contributed by atoms with Gasteiger partial charge in [-0.3, -0.25) is 28.9 Å². The van der Waals surface area contributed by atoms with Crippen LogP contribution in [0.1, 0.15) is 33.7 Å². The minimum atomic E-state index is -1.26. The number of carbonyl (C=O) groups is 6. The van der Waals surface area contributed by atoms with Crippen molar-refractivity contribution in [1.29, 1.82) is 0 Å². The molecule has 3 aromatic carbocycles. The van der Waals surface area contributed by atoms with Crippen LogP contribution in [0.5, 0.6) is 5.75 Å².